The van der Waals surface area contributed by atoms with Crippen molar-refractivity contribution in [3.63, 3.8) is 0 Å². The van der Waals surface area contributed by atoms with Crippen molar-refractivity contribution in [2.45, 2.75) is 19.3 Å². The minimum absolute atomic E-state index is 0.0231. The molecule has 1 rings (SSSR count). The van der Waals surface area contributed by atoms with E-state index >= 15 is 0 Å². The highest BCUT2D eigenvalue weighted by Gasteiger charge is 2.76. The van der Waals surface area contributed by atoms with Crippen molar-refractivity contribution >= 4 is 5.97 Å². The third-order valence-corrected chi connectivity index (χ3v) is 2.08. The van der Waals surface area contributed by atoms with Crippen molar-refractivity contribution in [2.24, 2.45) is 5.41 Å². The van der Waals surface area contributed by atoms with E-state index in [1.807, 2.05) is 0 Å². The summed E-state index contributed by atoms with van der Waals surface area (Å²) in [6.07, 6.45) is -0.606. The molecule has 1 fully saturated rings. The molecule has 1 saturated carbocycles. The Labute approximate surface area is 62.5 Å². The van der Waals surface area contributed by atoms with Crippen LogP contribution in [0.1, 0.15) is 13.3 Å². The molecule has 1 N–H and O–H groups in total. The summed E-state index contributed by atoms with van der Waals surface area (Å²) in [5.74, 6) is -4.57. The molecule has 0 aromatic rings. The number of carboxylic acids is 1. The maximum absolute atomic E-state index is 12.5. The molecule has 0 aliphatic heterocycles. The summed E-state index contributed by atoms with van der Waals surface area (Å²) in [7, 11) is 0. The molecule has 1 unspecified atom stereocenters. The summed E-state index contributed by atoms with van der Waals surface area (Å²) in [4.78, 5) is 10.4. The molecule has 62 valence electrons. The van der Waals surface area contributed by atoms with Gasteiger partial charge >= 0.3 is 5.97 Å². The normalized spacial score (nSPS) is 33.0. The van der Waals surface area contributed by atoms with E-state index in [4.69, 9.17) is 5.11 Å². The smallest absolute Gasteiger partial charge is 0.320 e. The fourth-order valence-corrected chi connectivity index (χ4v) is 1.17. The van der Waals surface area contributed by atoms with E-state index in [9.17, 15) is 13.6 Å². The first-order chi connectivity index (χ1) is 4.84. The summed E-state index contributed by atoms with van der Waals surface area (Å²) >= 11 is 0. The number of aliphatic carboxylic acids is 1. The van der Waals surface area contributed by atoms with Gasteiger partial charge < -0.3 is 5.11 Å². The molecule has 0 aromatic carbocycles. The van der Waals surface area contributed by atoms with Gasteiger partial charge in [-0.1, -0.05) is 12.2 Å². The summed E-state index contributed by atoms with van der Waals surface area (Å²) in [6.45, 7) is 4.56. The average Bonchev–Trinajstić information content (AvgIpc) is 2.35. The Kier molecular flexibility index (Phi) is 1.34. The Balaban J connectivity index is 2.98. The molecule has 0 aromatic heterocycles. The SMILES string of the molecule is C=C(C)C1(C(=O)O)CC1(F)F. The third-order valence-electron chi connectivity index (χ3n) is 2.08. The second-order valence-electron chi connectivity index (χ2n) is 2.87. The highest BCUT2D eigenvalue weighted by atomic mass is 19.3. The van der Waals surface area contributed by atoms with Crippen LogP contribution in [0.25, 0.3) is 0 Å². The fourth-order valence-electron chi connectivity index (χ4n) is 1.17. The molecule has 0 radical (unpaired) electrons. The van der Waals surface area contributed by atoms with Crippen molar-refractivity contribution in [1.29, 1.82) is 0 Å². The number of carboxylic acid groups (broad SMARTS) is 1. The predicted octanol–water partition coefficient (Wildman–Crippen LogP) is 1.67. The molecule has 2 nitrogen and oxygen atoms in total. The summed E-state index contributed by atoms with van der Waals surface area (Å²) < 4.78 is 25.0. The monoisotopic (exact) mass is 162 g/mol. The van der Waals surface area contributed by atoms with Gasteiger partial charge in [0.15, 0.2) is 5.41 Å². The minimum atomic E-state index is -3.09. The summed E-state index contributed by atoms with van der Waals surface area (Å²) in [5, 5.41) is 8.47. The molecule has 1 aliphatic carbocycles. The van der Waals surface area contributed by atoms with Gasteiger partial charge in [0, 0.05) is 6.42 Å². The van der Waals surface area contributed by atoms with Gasteiger partial charge in [-0.25, -0.2) is 8.78 Å². The number of carbonyl (C=O) groups is 1. The second kappa shape index (κ2) is 1.81. The number of rotatable bonds is 2. The van der Waals surface area contributed by atoms with Crippen LogP contribution in [-0.4, -0.2) is 17.0 Å². The van der Waals surface area contributed by atoms with Crippen molar-refractivity contribution < 1.29 is 18.7 Å². The molecule has 1 atom stereocenters. The Bertz CT molecular complexity index is 219. The number of hydrogen-bond acceptors (Lipinski definition) is 1. The second-order valence-corrected chi connectivity index (χ2v) is 2.87. The van der Waals surface area contributed by atoms with Gasteiger partial charge in [0.2, 0.25) is 0 Å². The van der Waals surface area contributed by atoms with E-state index in [1.54, 1.807) is 0 Å². The van der Waals surface area contributed by atoms with Crippen molar-refractivity contribution in [1.82, 2.24) is 0 Å². The van der Waals surface area contributed by atoms with Crippen molar-refractivity contribution in [2.75, 3.05) is 0 Å². The highest BCUT2D eigenvalue weighted by molar-refractivity contribution is 5.84. The highest BCUT2D eigenvalue weighted by Crippen LogP contribution is 2.64. The van der Waals surface area contributed by atoms with E-state index in [2.05, 4.69) is 6.58 Å². The van der Waals surface area contributed by atoms with Crippen LogP contribution in [0.5, 0.6) is 0 Å². The summed E-state index contributed by atoms with van der Waals surface area (Å²) in [6, 6.07) is 0. The molecular weight excluding hydrogens is 154 g/mol. The van der Waals surface area contributed by atoms with Gasteiger partial charge in [0.25, 0.3) is 5.92 Å². The van der Waals surface area contributed by atoms with Crippen LogP contribution in [0.15, 0.2) is 12.2 Å². The fraction of sp³-hybridized carbons (Fsp3) is 0.571. The molecule has 0 amide bonds. The number of alkyl halides is 2. The Morgan fingerprint density at radius 1 is 1.64 bits per heavy atom. The van der Waals surface area contributed by atoms with E-state index in [-0.39, 0.29) is 5.57 Å². The van der Waals surface area contributed by atoms with Gasteiger partial charge in [-0.15, -0.1) is 0 Å². The lowest BCUT2D eigenvalue weighted by Crippen LogP contribution is -2.23. The van der Waals surface area contributed by atoms with E-state index in [0.717, 1.165) is 0 Å². The van der Waals surface area contributed by atoms with Gasteiger partial charge in [0.05, 0.1) is 0 Å². The molecule has 1 aliphatic rings. The zero-order valence-corrected chi connectivity index (χ0v) is 6.03. The first kappa shape index (κ1) is 8.17. The Morgan fingerprint density at radius 2 is 2.00 bits per heavy atom. The predicted molar refractivity (Wildman–Crippen MR) is 34.4 cm³/mol. The summed E-state index contributed by atoms with van der Waals surface area (Å²) in [5.41, 5.74) is -1.94. The Hall–Kier alpha value is -0.930. The maximum Gasteiger partial charge on any atom is 0.320 e. The standard InChI is InChI=1S/C7H8F2O2/c1-4(2)6(5(10)11)3-7(6,8)9/h1,3H2,2H3,(H,10,11). The first-order valence-corrected chi connectivity index (χ1v) is 3.12. The lowest BCUT2D eigenvalue weighted by atomic mass is 9.98. The average molecular weight is 162 g/mol. The lowest BCUT2D eigenvalue weighted by Gasteiger charge is -2.09. The molecule has 0 spiro atoms. The first-order valence-electron chi connectivity index (χ1n) is 3.12. The van der Waals surface area contributed by atoms with Crippen molar-refractivity contribution in [3.05, 3.63) is 12.2 Å². The molecular formula is C7H8F2O2. The lowest BCUT2D eigenvalue weighted by molar-refractivity contribution is -0.145. The minimum Gasteiger partial charge on any atom is -0.480 e. The quantitative estimate of drug-likeness (QED) is 0.627. The van der Waals surface area contributed by atoms with Gasteiger partial charge in [-0.05, 0) is 6.92 Å². The number of hydrogen-bond donors (Lipinski definition) is 1. The maximum atomic E-state index is 12.5. The van der Waals surface area contributed by atoms with E-state index < -0.39 is 23.7 Å². The molecule has 4 heteroatoms. The van der Waals surface area contributed by atoms with E-state index in [1.165, 1.54) is 6.92 Å². The van der Waals surface area contributed by atoms with Gasteiger partial charge in [-0.3, -0.25) is 4.79 Å². The van der Waals surface area contributed by atoms with Gasteiger partial charge in [-0.2, -0.15) is 0 Å². The molecule has 11 heavy (non-hydrogen) atoms. The molecule has 0 heterocycles. The van der Waals surface area contributed by atoms with Crippen molar-refractivity contribution in [3.8, 4) is 0 Å². The van der Waals surface area contributed by atoms with Crippen LogP contribution >= 0.6 is 0 Å². The largest absolute Gasteiger partial charge is 0.480 e. The zero-order chi connectivity index (χ0) is 8.86. The van der Waals surface area contributed by atoms with Crippen LogP contribution in [0, 0.1) is 5.41 Å². The topological polar surface area (TPSA) is 37.3 Å². The molecule has 0 saturated heterocycles. The zero-order valence-electron chi connectivity index (χ0n) is 6.03. The van der Waals surface area contributed by atoms with Crippen LogP contribution in [-0.2, 0) is 4.79 Å². The van der Waals surface area contributed by atoms with E-state index in [0.29, 0.717) is 0 Å². The van der Waals surface area contributed by atoms with Crippen LogP contribution in [0.4, 0.5) is 8.78 Å². The van der Waals surface area contributed by atoms with Crippen LogP contribution in [0.3, 0.4) is 0 Å². The molecule has 0 bridgehead atoms. The number of halogens is 2. The Morgan fingerprint density at radius 3 is 2.00 bits per heavy atom. The van der Waals surface area contributed by atoms with Crippen LogP contribution < -0.4 is 0 Å². The van der Waals surface area contributed by atoms with Gasteiger partial charge in [0.1, 0.15) is 0 Å². The third kappa shape index (κ3) is 0.783. The van der Waals surface area contributed by atoms with Crippen LogP contribution in [0.2, 0.25) is 0 Å².